The molecule has 0 aliphatic carbocycles. The molecule has 3 heterocycles. The monoisotopic (exact) mass is 629 g/mol. The number of carbonyl (C=O) groups excluding carboxylic acids is 1. The summed E-state index contributed by atoms with van der Waals surface area (Å²) in [5, 5.41) is 45.6. The molecule has 0 radical (unpaired) electrons. The van der Waals surface area contributed by atoms with Gasteiger partial charge in [-0.3, -0.25) is 9.36 Å². The number of carbonyl (C=O) groups is 1. The van der Waals surface area contributed by atoms with Gasteiger partial charge in [-0.1, -0.05) is 42.5 Å². The van der Waals surface area contributed by atoms with Gasteiger partial charge in [-0.15, -0.1) is 0 Å². The van der Waals surface area contributed by atoms with E-state index in [1.165, 1.54) is 17.8 Å². The van der Waals surface area contributed by atoms with Gasteiger partial charge < -0.3 is 40.7 Å². The average molecular weight is 630 g/mol. The molecule has 1 fully saturated rings. The standard InChI is InChI=1S/C33H39N7O6/c1-33(44)28(43)25(18-41)46-32(33)40-30(23(16-34)27-29(35)37-19-38-31(27)40)36-17-20-12-13-22(21-9-5-4-6-10-21)24(15-20)45-14-8-7-11-26(42)39(2)3/h4-6,9-10,12-13,15,19,25,28,32,36,41,43-44H,7-8,11,14,17-18H2,1-3H3,(H2,35,37,38). The molecule has 1 aliphatic heterocycles. The average Bonchev–Trinajstić information content (AvgIpc) is 3.49. The zero-order valence-electron chi connectivity index (χ0n) is 26.1. The number of aliphatic hydroxyl groups is 3. The summed E-state index contributed by atoms with van der Waals surface area (Å²) in [4.78, 5) is 21.9. The van der Waals surface area contributed by atoms with E-state index >= 15 is 0 Å². The second-order valence-corrected chi connectivity index (χ2v) is 11.7. The molecule has 1 aliphatic rings. The molecule has 2 aromatic carbocycles. The van der Waals surface area contributed by atoms with Crippen molar-refractivity contribution in [1.82, 2.24) is 19.4 Å². The van der Waals surface area contributed by atoms with Gasteiger partial charge in [-0.25, -0.2) is 9.97 Å². The van der Waals surface area contributed by atoms with Crippen LogP contribution < -0.4 is 15.8 Å². The molecule has 1 amide bonds. The maximum Gasteiger partial charge on any atom is 0.222 e. The van der Waals surface area contributed by atoms with Gasteiger partial charge in [0.1, 0.15) is 53.2 Å². The molecular formula is C33H39N7O6. The number of aromatic nitrogens is 3. The Morgan fingerprint density at radius 2 is 1.98 bits per heavy atom. The van der Waals surface area contributed by atoms with Gasteiger partial charge in [0.05, 0.1) is 18.6 Å². The van der Waals surface area contributed by atoms with E-state index in [1.54, 1.807) is 19.0 Å². The Labute approximate surface area is 266 Å². The van der Waals surface area contributed by atoms with Gasteiger partial charge in [-0.2, -0.15) is 5.26 Å². The number of anilines is 2. The molecule has 1 saturated heterocycles. The Bertz CT molecular complexity index is 1730. The second kappa shape index (κ2) is 13.7. The highest BCUT2D eigenvalue weighted by Crippen LogP contribution is 2.44. The summed E-state index contributed by atoms with van der Waals surface area (Å²) in [7, 11) is 3.48. The number of ether oxygens (including phenoxy) is 2. The van der Waals surface area contributed by atoms with Crippen LogP contribution in [0.3, 0.4) is 0 Å². The van der Waals surface area contributed by atoms with Crippen LogP contribution in [0.25, 0.3) is 22.2 Å². The Hall–Kier alpha value is -4.74. The lowest BCUT2D eigenvalue weighted by Gasteiger charge is -2.29. The number of unbranched alkanes of at least 4 members (excludes halogenated alkanes) is 1. The fourth-order valence-corrected chi connectivity index (χ4v) is 5.65. The summed E-state index contributed by atoms with van der Waals surface area (Å²) in [5.74, 6) is 1.05. The van der Waals surface area contributed by atoms with Crippen LogP contribution in [0.4, 0.5) is 11.6 Å². The molecule has 2 aromatic heterocycles. The predicted molar refractivity (Wildman–Crippen MR) is 172 cm³/mol. The van der Waals surface area contributed by atoms with E-state index in [-0.39, 0.29) is 40.7 Å². The number of amides is 1. The van der Waals surface area contributed by atoms with E-state index in [0.29, 0.717) is 31.6 Å². The van der Waals surface area contributed by atoms with Crippen molar-refractivity contribution in [3.8, 4) is 22.9 Å². The van der Waals surface area contributed by atoms with Crippen molar-refractivity contribution in [3.05, 3.63) is 66.0 Å². The lowest BCUT2D eigenvalue weighted by Crippen LogP contribution is -2.44. The number of nitrogens with one attached hydrogen (secondary N) is 1. The van der Waals surface area contributed by atoms with E-state index in [0.717, 1.165) is 16.7 Å². The van der Waals surface area contributed by atoms with Gasteiger partial charge in [0.2, 0.25) is 5.91 Å². The lowest BCUT2D eigenvalue weighted by molar-refractivity contribution is -0.128. The fourth-order valence-electron chi connectivity index (χ4n) is 5.65. The summed E-state index contributed by atoms with van der Waals surface area (Å²) >= 11 is 0. The van der Waals surface area contributed by atoms with Crippen LogP contribution in [0.1, 0.15) is 43.5 Å². The Morgan fingerprint density at radius 3 is 2.65 bits per heavy atom. The van der Waals surface area contributed by atoms with Crippen LogP contribution in [0.2, 0.25) is 0 Å². The number of fused-ring (bicyclic) bond motifs is 1. The fraction of sp³-hybridized carbons (Fsp3) is 0.394. The first-order valence-electron chi connectivity index (χ1n) is 15.0. The highest BCUT2D eigenvalue weighted by atomic mass is 16.6. The minimum absolute atomic E-state index is 0.0652. The molecule has 46 heavy (non-hydrogen) atoms. The third kappa shape index (κ3) is 6.33. The van der Waals surface area contributed by atoms with Crippen LogP contribution >= 0.6 is 0 Å². The number of nitriles is 1. The van der Waals surface area contributed by atoms with Crippen LogP contribution in [0.5, 0.6) is 5.75 Å². The molecule has 0 bridgehead atoms. The summed E-state index contributed by atoms with van der Waals surface area (Å²) < 4.78 is 13.7. The number of hydrogen-bond acceptors (Lipinski definition) is 11. The van der Waals surface area contributed by atoms with Crippen molar-refractivity contribution < 1.29 is 29.6 Å². The largest absolute Gasteiger partial charge is 0.493 e. The minimum atomic E-state index is -1.85. The second-order valence-electron chi connectivity index (χ2n) is 11.7. The van der Waals surface area contributed by atoms with E-state index in [1.807, 2.05) is 48.5 Å². The molecule has 4 unspecified atom stereocenters. The predicted octanol–water partition coefficient (Wildman–Crippen LogP) is 2.80. The molecule has 6 N–H and O–H groups in total. The number of hydrogen-bond donors (Lipinski definition) is 5. The highest BCUT2D eigenvalue weighted by Gasteiger charge is 2.54. The van der Waals surface area contributed by atoms with Crippen molar-refractivity contribution in [2.45, 2.75) is 56.8 Å². The van der Waals surface area contributed by atoms with Crippen LogP contribution in [-0.4, -0.2) is 85.8 Å². The van der Waals surface area contributed by atoms with Gasteiger partial charge in [0.15, 0.2) is 11.9 Å². The number of nitrogens with zero attached hydrogens (tertiary/aromatic N) is 5. The lowest BCUT2D eigenvalue weighted by atomic mass is 9.96. The van der Waals surface area contributed by atoms with E-state index in [2.05, 4.69) is 21.4 Å². The third-order valence-corrected chi connectivity index (χ3v) is 8.23. The third-order valence-electron chi connectivity index (χ3n) is 8.23. The van der Waals surface area contributed by atoms with Crippen molar-refractivity contribution >= 4 is 28.6 Å². The molecule has 4 aromatic rings. The zero-order valence-corrected chi connectivity index (χ0v) is 26.1. The van der Waals surface area contributed by atoms with E-state index < -0.39 is 30.6 Å². The van der Waals surface area contributed by atoms with Crippen molar-refractivity contribution in [1.29, 1.82) is 5.26 Å². The maximum atomic E-state index is 12.0. The normalized spacial score (nSPS) is 20.8. The van der Waals surface area contributed by atoms with Gasteiger partial charge in [-0.05, 0) is 37.0 Å². The molecule has 4 atom stereocenters. The van der Waals surface area contributed by atoms with Crippen molar-refractivity contribution in [3.63, 3.8) is 0 Å². The minimum Gasteiger partial charge on any atom is -0.493 e. The van der Waals surface area contributed by atoms with E-state index in [9.17, 15) is 25.4 Å². The first kappa shape index (κ1) is 32.6. The molecule has 0 spiro atoms. The van der Waals surface area contributed by atoms with Gasteiger partial charge >= 0.3 is 0 Å². The van der Waals surface area contributed by atoms with E-state index in [4.69, 9.17) is 15.2 Å². The summed E-state index contributed by atoms with van der Waals surface area (Å²) in [6, 6.07) is 17.9. The molecule has 5 rings (SSSR count). The number of aliphatic hydroxyl groups excluding tert-OH is 2. The van der Waals surface area contributed by atoms with Crippen molar-refractivity contribution in [2.75, 3.05) is 38.4 Å². The highest BCUT2D eigenvalue weighted by molar-refractivity contribution is 5.97. The topological polar surface area (TPSA) is 192 Å². The first-order valence-corrected chi connectivity index (χ1v) is 15.0. The number of rotatable bonds is 12. The van der Waals surface area contributed by atoms with Crippen LogP contribution in [-0.2, 0) is 16.1 Å². The Kier molecular flexibility index (Phi) is 9.74. The van der Waals surface area contributed by atoms with Gasteiger partial charge in [0.25, 0.3) is 0 Å². The first-order chi connectivity index (χ1) is 22.1. The number of nitrogen functional groups attached to an aromatic ring is 1. The maximum absolute atomic E-state index is 12.0. The van der Waals surface area contributed by atoms with Crippen LogP contribution in [0, 0.1) is 11.3 Å². The molecule has 242 valence electrons. The summed E-state index contributed by atoms with van der Waals surface area (Å²) in [6.45, 7) is 1.51. The SMILES string of the molecule is CN(C)C(=O)CCCCOc1cc(CNc2c(C#N)c3c(N)ncnc3n2C2OC(CO)C(O)C2(C)O)ccc1-c1ccccc1. The molecule has 13 nitrogen and oxygen atoms in total. The molecule has 13 heteroatoms. The van der Waals surface area contributed by atoms with Crippen molar-refractivity contribution in [2.24, 2.45) is 0 Å². The summed E-state index contributed by atoms with van der Waals surface area (Å²) in [6.07, 6.45) is -0.614. The van der Waals surface area contributed by atoms with Gasteiger partial charge in [0, 0.05) is 32.6 Å². The number of nitrogens with two attached hydrogens (primary N) is 1. The smallest absolute Gasteiger partial charge is 0.222 e. The van der Waals surface area contributed by atoms with Crippen LogP contribution in [0.15, 0.2) is 54.9 Å². The Morgan fingerprint density at radius 1 is 1.22 bits per heavy atom. The Balaban J connectivity index is 1.46. The summed E-state index contributed by atoms with van der Waals surface area (Å²) in [5.41, 5.74) is 7.41. The molecule has 0 saturated carbocycles. The zero-order chi connectivity index (χ0) is 33.0. The number of benzene rings is 2. The molecular weight excluding hydrogens is 590 g/mol. The quantitative estimate of drug-likeness (QED) is 0.145.